The van der Waals surface area contributed by atoms with Gasteiger partial charge in [-0.1, -0.05) is 24.2 Å². The summed E-state index contributed by atoms with van der Waals surface area (Å²) in [5, 5.41) is 12.6. The molecule has 0 saturated carbocycles. The summed E-state index contributed by atoms with van der Waals surface area (Å²) in [5.74, 6) is -0.991. The van der Waals surface area contributed by atoms with Crippen molar-refractivity contribution < 1.29 is 8.78 Å². The SMILES string of the molecule is C=C(c1ccc(Nc2nccn3c(-c4ccc(CCC#N)c(F)c4F)cnc23)cc1Cl)N1CCC(c2ccncc2)CC1. The summed E-state index contributed by atoms with van der Waals surface area (Å²) < 4.78 is 31.4. The molecule has 0 radical (unpaired) electrons. The zero-order chi connectivity index (χ0) is 29.9. The van der Waals surface area contributed by atoms with Crippen molar-refractivity contribution in [3.05, 3.63) is 113 Å². The number of rotatable bonds is 8. The Kier molecular flexibility index (Phi) is 8.03. The number of aryl methyl sites for hydroxylation is 1. The van der Waals surface area contributed by atoms with Gasteiger partial charge in [-0.3, -0.25) is 9.38 Å². The number of imidazole rings is 1. The van der Waals surface area contributed by atoms with Crippen LogP contribution in [0.1, 0.15) is 41.9 Å². The second-order valence-electron chi connectivity index (χ2n) is 10.5. The number of halogens is 3. The van der Waals surface area contributed by atoms with Crippen molar-refractivity contribution in [2.24, 2.45) is 0 Å². The molecule has 0 unspecified atom stereocenters. The number of likely N-dealkylation sites (tertiary alicyclic amines) is 1. The Morgan fingerprint density at radius 3 is 2.58 bits per heavy atom. The van der Waals surface area contributed by atoms with Crippen LogP contribution in [0.25, 0.3) is 22.6 Å². The second kappa shape index (κ2) is 12.2. The van der Waals surface area contributed by atoms with E-state index in [4.69, 9.17) is 16.9 Å². The molecule has 3 aromatic heterocycles. The molecule has 0 amide bonds. The van der Waals surface area contributed by atoms with Gasteiger partial charge < -0.3 is 10.2 Å². The minimum absolute atomic E-state index is 0.0681. The van der Waals surface area contributed by atoms with Crippen molar-refractivity contribution in [2.75, 3.05) is 18.4 Å². The maximum Gasteiger partial charge on any atom is 0.180 e. The number of nitriles is 1. The van der Waals surface area contributed by atoms with Gasteiger partial charge in [0.25, 0.3) is 0 Å². The molecule has 0 atom stereocenters. The van der Waals surface area contributed by atoms with Gasteiger partial charge in [-0.15, -0.1) is 0 Å². The minimum atomic E-state index is -0.979. The summed E-state index contributed by atoms with van der Waals surface area (Å²) in [4.78, 5) is 15.3. The number of hydrogen-bond acceptors (Lipinski definition) is 6. The number of anilines is 2. The van der Waals surface area contributed by atoms with E-state index in [1.165, 1.54) is 23.9 Å². The van der Waals surface area contributed by atoms with Gasteiger partial charge in [0.2, 0.25) is 0 Å². The summed E-state index contributed by atoms with van der Waals surface area (Å²) in [6.07, 6.45) is 10.7. The molecule has 4 heterocycles. The third kappa shape index (κ3) is 5.66. The summed E-state index contributed by atoms with van der Waals surface area (Å²) in [7, 11) is 0. The van der Waals surface area contributed by atoms with Crippen molar-refractivity contribution in [2.45, 2.75) is 31.6 Å². The van der Waals surface area contributed by atoms with Gasteiger partial charge in [0.05, 0.1) is 23.0 Å². The van der Waals surface area contributed by atoms with Crippen molar-refractivity contribution in [3.8, 4) is 17.3 Å². The number of pyridine rings is 1. The van der Waals surface area contributed by atoms with E-state index in [-0.39, 0.29) is 24.0 Å². The van der Waals surface area contributed by atoms with Gasteiger partial charge in [0.15, 0.2) is 23.1 Å². The third-order valence-corrected chi connectivity index (χ3v) is 8.28. The average Bonchev–Trinajstić information content (AvgIpc) is 3.47. The van der Waals surface area contributed by atoms with Gasteiger partial charge in [-0.05, 0) is 72.7 Å². The van der Waals surface area contributed by atoms with Gasteiger partial charge in [-0.2, -0.15) is 5.26 Å². The van der Waals surface area contributed by atoms with Crippen molar-refractivity contribution in [1.82, 2.24) is 24.3 Å². The summed E-state index contributed by atoms with van der Waals surface area (Å²) in [6.45, 7) is 6.12. The van der Waals surface area contributed by atoms with Gasteiger partial charge >= 0.3 is 0 Å². The van der Waals surface area contributed by atoms with Crippen LogP contribution in [0.4, 0.5) is 20.3 Å². The molecule has 43 heavy (non-hydrogen) atoms. The van der Waals surface area contributed by atoms with E-state index in [2.05, 4.69) is 43.9 Å². The maximum absolute atomic E-state index is 15.0. The molecule has 0 aliphatic carbocycles. The molecule has 216 valence electrons. The fraction of sp³-hybridized carbons (Fsp3) is 0.212. The van der Waals surface area contributed by atoms with E-state index >= 15 is 4.39 Å². The zero-order valence-electron chi connectivity index (χ0n) is 23.3. The molecule has 1 N–H and O–H groups in total. The monoisotopic (exact) mass is 595 g/mol. The van der Waals surface area contributed by atoms with Crippen molar-refractivity contribution in [1.29, 1.82) is 5.26 Å². The lowest BCUT2D eigenvalue weighted by atomic mass is 9.89. The smallest absolute Gasteiger partial charge is 0.180 e. The van der Waals surface area contributed by atoms with Crippen LogP contribution in [0.3, 0.4) is 0 Å². The lowest BCUT2D eigenvalue weighted by molar-refractivity contribution is 0.299. The Balaban J connectivity index is 1.18. The van der Waals surface area contributed by atoms with Crippen LogP contribution in [-0.4, -0.2) is 37.3 Å². The quantitative estimate of drug-likeness (QED) is 0.197. The molecule has 1 saturated heterocycles. The first-order chi connectivity index (χ1) is 20.9. The predicted octanol–water partition coefficient (Wildman–Crippen LogP) is 7.77. The van der Waals surface area contributed by atoms with E-state index < -0.39 is 11.6 Å². The van der Waals surface area contributed by atoms with Gasteiger partial charge in [-0.25, -0.2) is 18.7 Å². The minimum Gasteiger partial charge on any atom is -0.371 e. The van der Waals surface area contributed by atoms with Crippen LogP contribution in [0.15, 0.2) is 80.0 Å². The summed E-state index contributed by atoms with van der Waals surface area (Å²) >= 11 is 6.74. The molecule has 1 fully saturated rings. The van der Waals surface area contributed by atoms with Crippen LogP contribution in [-0.2, 0) is 6.42 Å². The highest BCUT2D eigenvalue weighted by Crippen LogP contribution is 2.35. The fourth-order valence-corrected chi connectivity index (χ4v) is 5.92. The molecular weight excluding hydrogens is 568 g/mol. The molecule has 0 spiro atoms. The Morgan fingerprint density at radius 2 is 1.84 bits per heavy atom. The summed E-state index contributed by atoms with van der Waals surface area (Å²) in [5.41, 5.74) is 4.81. The van der Waals surface area contributed by atoms with Crippen molar-refractivity contribution in [3.63, 3.8) is 0 Å². The van der Waals surface area contributed by atoms with Crippen LogP contribution >= 0.6 is 11.6 Å². The first-order valence-electron chi connectivity index (χ1n) is 14.0. The highest BCUT2D eigenvalue weighted by atomic mass is 35.5. The lowest BCUT2D eigenvalue weighted by Crippen LogP contribution is -2.31. The first kappa shape index (κ1) is 28.3. The highest BCUT2D eigenvalue weighted by Gasteiger charge is 2.23. The molecule has 1 aliphatic heterocycles. The lowest BCUT2D eigenvalue weighted by Gasteiger charge is -2.35. The Morgan fingerprint density at radius 1 is 1.05 bits per heavy atom. The first-order valence-corrected chi connectivity index (χ1v) is 14.4. The topological polar surface area (TPSA) is 82.1 Å². The van der Waals surface area contributed by atoms with Crippen LogP contribution in [0, 0.1) is 23.0 Å². The molecule has 6 rings (SSSR count). The fourth-order valence-electron chi connectivity index (χ4n) is 5.63. The normalized spacial score (nSPS) is 13.7. The molecular formula is C33H28ClF2N7. The number of benzene rings is 2. The number of hydrogen-bond donors (Lipinski definition) is 1. The molecule has 7 nitrogen and oxygen atoms in total. The maximum atomic E-state index is 15.0. The molecule has 5 aromatic rings. The van der Waals surface area contributed by atoms with Gasteiger partial charge in [0, 0.05) is 66.8 Å². The van der Waals surface area contributed by atoms with E-state index in [1.807, 2.05) is 36.7 Å². The number of nitrogens with zero attached hydrogens (tertiary/aromatic N) is 6. The number of nitrogens with one attached hydrogen (secondary N) is 1. The molecule has 2 aromatic carbocycles. The summed E-state index contributed by atoms with van der Waals surface area (Å²) in [6, 6.07) is 14.8. The number of fused-ring (bicyclic) bond motifs is 1. The van der Waals surface area contributed by atoms with Crippen LogP contribution in [0.5, 0.6) is 0 Å². The van der Waals surface area contributed by atoms with Crippen molar-refractivity contribution >= 4 is 34.5 Å². The number of aromatic nitrogens is 4. The molecule has 10 heteroatoms. The van der Waals surface area contributed by atoms with Gasteiger partial charge in [0.1, 0.15) is 0 Å². The van der Waals surface area contributed by atoms with E-state index in [0.29, 0.717) is 33.8 Å². The third-order valence-electron chi connectivity index (χ3n) is 7.97. The number of piperidine rings is 1. The zero-order valence-corrected chi connectivity index (χ0v) is 24.0. The Bertz CT molecular complexity index is 1840. The average molecular weight is 596 g/mol. The van der Waals surface area contributed by atoms with Crippen LogP contribution in [0.2, 0.25) is 5.02 Å². The standard InChI is InChI=1S/C33H28ClF2N7/c1-21(42-16-10-23(11-17-42)22-8-13-38-14-9-22)26-7-5-25(19-28(26)34)41-32-33-40-20-29(43(33)18-15-39-32)27-6-4-24(3-2-12-37)30(35)31(27)36/h4-9,13-15,18-20,23H,1-3,10-11,16-17H2,(H,39,41). The molecule has 1 aliphatic rings. The highest BCUT2D eigenvalue weighted by molar-refractivity contribution is 6.32. The molecule has 0 bridgehead atoms. The Hall–Kier alpha value is -4.81. The van der Waals surface area contributed by atoms with E-state index in [0.717, 1.165) is 37.2 Å². The van der Waals surface area contributed by atoms with E-state index in [1.54, 1.807) is 16.8 Å². The predicted molar refractivity (Wildman–Crippen MR) is 164 cm³/mol. The van der Waals surface area contributed by atoms with Crippen LogP contribution < -0.4 is 5.32 Å². The second-order valence-corrected chi connectivity index (χ2v) is 10.9. The van der Waals surface area contributed by atoms with E-state index in [9.17, 15) is 4.39 Å². The largest absolute Gasteiger partial charge is 0.371 e. The Labute approximate surface area is 253 Å².